The fourth-order valence-electron chi connectivity index (χ4n) is 2.73. The molecule has 20 heavy (non-hydrogen) atoms. The van der Waals surface area contributed by atoms with E-state index in [0.29, 0.717) is 18.9 Å². The number of carbonyl (C=O) groups is 2. The lowest BCUT2D eigenvalue weighted by Gasteiger charge is -2.38. The van der Waals surface area contributed by atoms with Crippen LogP contribution in [0.4, 0.5) is 0 Å². The highest BCUT2D eigenvalue weighted by Gasteiger charge is 2.43. The molecule has 0 bridgehead atoms. The number of nitrogens with one attached hydrogen (secondary N) is 2. The highest BCUT2D eigenvalue weighted by atomic mass is 16.4. The van der Waals surface area contributed by atoms with Gasteiger partial charge in [0, 0.05) is 18.5 Å². The van der Waals surface area contributed by atoms with Crippen molar-refractivity contribution in [2.75, 3.05) is 6.54 Å². The predicted octanol–water partition coefficient (Wildman–Crippen LogP) is 1.91. The van der Waals surface area contributed by atoms with Crippen LogP contribution in [0.1, 0.15) is 59.3 Å². The van der Waals surface area contributed by atoms with Gasteiger partial charge in [-0.2, -0.15) is 0 Å². The monoisotopic (exact) mass is 284 g/mol. The summed E-state index contributed by atoms with van der Waals surface area (Å²) in [5, 5.41) is 15.6. The van der Waals surface area contributed by atoms with Crippen molar-refractivity contribution in [2.45, 2.75) is 71.4 Å². The van der Waals surface area contributed by atoms with Crippen molar-refractivity contribution in [3.63, 3.8) is 0 Å². The van der Waals surface area contributed by atoms with Gasteiger partial charge in [-0.25, -0.2) is 0 Å². The zero-order chi connectivity index (χ0) is 15.2. The second kappa shape index (κ2) is 7.62. The molecule has 0 aromatic rings. The number of carboxylic acids is 1. The van der Waals surface area contributed by atoms with Crippen LogP contribution >= 0.6 is 0 Å². The number of hydrogen-bond donors (Lipinski definition) is 3. The summed E-state index contributed by atoms with van der Waals surface area (Å²) in [6, 6.07) is 0.186. The minimum absolute atomic E-state index is 0.0325. The second-order valence-electron chi connectivity index (χ2n) is 6.30. The van der Waals surface area contributed by atoms with Crippen LogP contribution in [0.25, 0.3) is 0 Å². The first kappa shape index (κ1) is 17.0. The molecule has 1 saturated carbocycles. The molecule has 0 radical (unpaired) electrons. The first-order chi connectivity index (χ1) is 9.36. The van der Waals surface area contributed by atoms with Crippen molar-refractivity contribution in [2.24, 2.45) is 5.41 Å². The molecule has 1 aliphatic carbocycles. The summed E-state index contributed by atoms with van der Waals surface area (Å²) in [7, 11) is 0. The molecule has 0 heterocycles. The molecule has 5 heteroatoms. The Bertz CT molecular complexity index is 344. The zero-order valence-electron chi connectivity index (χ0n) is 12.9. The summed E-state index contributed by atoms with van der Waals surface area (Å²) < 4.78 is 0. The van der Waals surface area contributed by atoms with Crippen LogP contribution in [-0.2, 0) is 9.59 Å². The van der Waals surface area contributed by atoms with Crippen molar-refractivity contribution < 1.29 is 14.7 Å². The van der Waals surface area contributed by atoms with Gasteiger partial charge in [0.2, 0.25) is 5.91 Å². The lowest BCUT2D eigenvalue weighted by molar-refractivity contribution is -0.152. The third-order valence-corrected chi connectivity index (χ3v) is 4.16. The van der Waals surface area contributed by atoms with Crippen LogP contribution < -0.4 is 10.6 Å². The highest BCUT2D eigenvalue weighted by Crippen LogP contribution is 2.36. The summed E-state index contributed by atoms with van der Waals surface area (Å²) in [5.74, 6) is -0.834. The lowest BCUT2D eigenvalue weighted by atomic mass is 9.71. The SMILES string of the molecule is CC(C)NCCCC(=O)NC1CCCCC1(C)C(=O)O. The smallest absolute Gasteiger partial charge is 0.311 e. The largest absolute Gasteiger partial charge is 0.481 e. The van der Waals surface area contributed by atoms with E-state index in [9.17, 15) is 14.7 Å². The molecule has 0 aliphatic heterocycles. The zero-order valence-corrected chi connectivity index (χ0v) is 12.9. The van der Waals surface area contributed by atoms with Gasteiger partial charge in [-0.1, -0.05) is 26.7 Å². The summed E-state index contributed by atoms with van der Waals surface area (Å²) >= 11 is 0. The molecular formula is C15H28N2O3. The van der Waals surface area contributed by atoms with E-state index in [1.807, 2.05) is 0 Å². The van der Waals surface area contributed by atoms with Gasteiger partial charge in [-0.05, 0) is 32.7 Å². The number of hydrogen-bond acceptors (Lipinski definition) is 3. The Morgan fingerprint density at radius 2 is 2.05 bits per heavy atom. The fourth-order valence-corrected chi connectivity index (χ4v) is 2.73. The summed E-state index contributed by atoms with van der Waals surface area (Å²) in [5.41, 5.74) is -0.815. The molecule has 1 fully saturated rings. The van der Waals surface area contributed by atoms with E-state index in [1.54, 1.807) is 6.92 Å². The molecule has 116 valence electrons. The molecule has 1 rings (SSSR count). The maximum atomic E-state index is 11.9. The Morgan fingerprint density at radius 1 is 1.35 bits per heavy atom. The topological polar surface area (TPSA) is 78.4 Å². The Morgan fingerprint density at radius 3 is 2.65 bits per heavy atom. The van der Waals surface area contributed by atoms with E-state index in [-0.39, 0.29) is 11.9 Å². The first-order valence-electron chi connectivity index (χ1n) is 7.62. The molecule has 1 amide bonds. The van der Waals surface area contributed by atoms with Crippen molar-refractivity contribution in [1.82, 2.24) is 10.6 Å². The summed E-state index contributed by atoms with van der Waals surface area (Å²) in [4.78, 5) is 23.4. The minimum atomic E-state index is -0.815. The van der Waals surface area contributed by atoms with Gasteiger partial charge >= 0.3 is 5.97 Å². The van der Waals surface area contributed by atoms with Crippen LogP contribution in [0, 0.1) is 5.41 Å². The minimum Gasteiger partial charge on any atom is -0.481 e. The normalized spacial score (nSPS) is 26.5. The quantitative estimate of drug-likeness (QED) is 0.624. The van der Waals surface area contributed by atoms with Gasteiger partial charge in [0.15, 0.2) is 0 Å². The Hall–Kier alpha value is -1.10. The maximum Gasteiger partial charge on any atom is 0.311 e. The summed E-state index contributed by atoms with van der Waals surface area (Å²) in [6.07, 6.45) is 4.55. The number of carboxylic acid groups (broad SMARTS) is 1. The summed E-state index contributed by atoms with van der Waals surface area (Å²) in [6.45, 7) is 6.70. The second-order valence-corrected chi connectivity index (χ2v) is 6.30. The van der Waals surface area contributed by atoms with Crippen LogP contribution in [0.15, 0.2) is 0 Å². The maximum absolute atomic E-state index is 11.9. The average Bonchev–Trinajstić information content (AvgIpc) is 2.37. The van der Waals surface area contributed by atoms with Crippen molar-refractivity contribution in [3.8, 4) is 0 Å². The first-order valence-corrected chi connectivity index (χ1v) is 7.62. The molecule has 0 aromatic heterocycles. The van der Waals surface area contributed by atoms with E-state index in [2.05, 4.69) is 24.5 Å². The number of aliphatic carboxylic acids is 1. The van der Waals surface area contributed by atoms with Gasteiger partial charge in [-0.15, -0.1) is 0 Å². The van der Waals surface area contributed by atoms with Crippen molar-refractivity contribution >= 4 is 11.9 Å². The Labute approximate surface area is 121 Å². The van der Waals surface area contributed by atoms with Crippen molar-refractivity contribution in [3.05, 3.63) is 0 Å². The van der Waals surface area contributed by atoms with Crippen LogP contribution in [0.2, 0.25) is 0 Å². The predicted molar refractivity (Wildman–Crippen MR) is 78.5 cm³/mol. The number of carbonyl (C=O) groups excluding carboxylic acids is 1. The average molecular weight is 284 g/mol. The third-order valence-electron chi connectivity index (χ3n) is 4.16. The van der Waals surface area contributed by atoms with Gasteiger partial charge in [-0.3, -0.25) is 9.59 Å². The van der Waals surface area contributed by atoms with Gasteiger partial charge in [0.05, 0.1) is 5.41 Å². The molecular weight excluding hydrogens is 256 g/mol. The standard InChI is InChI=1S/C15H28N2O3/c1-11(2)16-10-6-8-13(18)17-12-7-4-5-9-15(12,3)14(19)20/h11-12,16H,4-10H2,1-3H3,(H,17,18)(H,19,20). The van der Waals surface area contributed by atoms with E-state index in [4.69, 9.17) is 0 Å². The van der Waals surface area contributed by atoms with E-state index >= 15 is 0 Å². The molecule has 2 unspecified atom stereocenters. The van der Waals surface area contributed by atoms with Crippen molar-refractivity contribution in [1.29, 1.82) is 0 Å². The Balaban J connectivity index is 2.41. The van der Waals surface area contributed by atoms with E-state index in [1.165, 1.54) is 0 Å². The van der Waals surface area contributed by atoms with Crippen LogP contribution in [-0.4, -0.2) is 35.6 Å². The third kappa shape index (κ3) is 4.78. The fraction of sp³-hybridized carbons (Fsp3) is 0.867. The van der Waals surface area contributed by atoms with Gasteiger partial charge < -0.3 is 15.7 Å². The number of amides is 1. The van der Waals surface area contributed by atoms with Gasteiger partial charge in [0.25, 0.3) is 0 Å². The molecule has 2 atom stereocenters. The molecule has 0 saturated heterocycles. The van der Waals surface area contributed by atoms with Gasteiger partial charge in [0.1, 0.15) is 0 Å². The molecule has 0 spiro atoms. The van der Waals surface area contributed by atoms with Crippen LogP contribution in [0.5, 0.6) is 0 Å². The number of rotatable bonds is 7. The molecule has 0 aromatic carbocycles. The molecule has 5 nitrogen and oxygen atoms in total. The molecule has 1 aliphatic rings. The molecule has 3 N–H and O–H groups in total. The highest BCUT2D eigenvalue weighted by molar-refractivity contribution is 5.79. The lowest BCUT2D eigenvalue weighted by Crippen LogP contribution is -2.52. The van der Waals surface area contributed by atoms with E-state index in [0.717, 1.165) is 32.2 Å². The van der Waals surface area contributed by atoms with Crippen LogP contribution in [0.3, 0.4) is 0 Å². The van der Waals surface area contributed by atoms with E-state index < -0.39 is 11.4 Å². The Kier molecular flexibility index (Phi) is 6.46.